The highest BCUT2D eigenvalue weighted by molar-refractivity contribution is 6.07. The van der Waals surface area contributed by atoms with Gasteiger partial charge in [-0.1, -0.05) is 6.07 Å². The lowest BCUT2D eigenvalue weighted by molar-refractivity contribution is -0.384. The summed E-state index contributed by atoms with van der Waals surface area (Å²) in [4.78, 5) is 38.3. The van der Waals surface area contributed by atoms with Crippen LogP contribution in [0.25, 0.3) is 0 Å². The zero-order valence-electron chi connectivity index (χ0n) is 13.8. The van der Waals surface area contributed by atoms with Crippen molar-refractivity contribution >= 4 is 29.0 Å². The van der Waals surface area contributed by atoms with E-state index in [4.69, 9.17) is 0 Å². The van der Waals surface area contributed by atoms with E-state index in [1.54, 1.807) is 40.1 Å². The van der Waals surface area contributed by atoms with Gasteiger partial charge >= 0.3 is 6.03 Å². The van der Waals surface area contributed by atoms with Crippen molar-refractivity contribution < 1.29 is 14.5 Å². The minimum Gasteiger partial charge on any atom is -0.336 e. The number of nitrogens with one attached hydrogen (secondary N) is 1. The third-order valence-electron chi connectivity index (χ3n) is 4.70. The summed E-state index contributed by atoms with van der Waals surface area (Å²) in [5.41, 5.74) is 2.70. The maximum atomic E-state index is 12.9. The molecule has 3 amide bonds. The summed E-state index contributed by atoms with van der Waals surface area (Å²) in [6, 6.07) is 11.3. The van der Waals surface area contributed by atoms with E-state index >= 15 is 0 Å². The van der Waals surface area contributed by atoms with Crippen LogP contribution in [-0.2, 0) is 6.42 Å². The molecule has 2 aliphatic heterocycles. The van der Waals surface area contributed by atoms with Crippen LogP contribution < -0.4 is 15.1 Å². The second-order valence-corrected chi connectivity index (χ2v) is 6.21. The van der Waals surface area contributed by atoms with Crippen molar-refractivity contribution in [1.82, 2.24) is 5.32 Å². The molecule has 1 N–H and O–H groups in total. The molecule has 8 nitrogen and oxygen atoms in total. The SMILES string of the molecule is O=C1NCCN1c1ccc(C(=O)N2CCc3ccc([N+](=O)[O-])cc32)cc1. The summed E-state index contributed by atoms with van der Waals surface area (Å²) in [7, 11) is 0. The van der Waals surface area contributed by atoms with Crippen LogP contribution in [0.15, 0.2) is 42.5 Å². The zero-order chi connectivity index (χ0) is 18.3. The number of nitrogens with zero attached hydrogens (tertiary/aromatic N) is 3. The zero-order valence-corrected chi connectivity index (χ0v) is 13.8. The first-order valence-corrected chi connectivity index (χ1v) is 8.29. The predicted octanol–water partition coefficient (Wildman–Crippen LogP) is 2.33. The van der Waals surface area contributed by atoms with Gasteiger partial charge in [0.05, 0.1) is 10.6 Å². The van der Waals surface area contributed by atoms with E-state index in [-0.39, 0.29) is 17.6 Å². The molecule has 2 aromatic carbocycles. The van der Waals surface area contributed by atoms with Gasteiger partial charge in [0.25, 0.3) is 11.6 Å². The lowest BCUT2D eigenvalue weighted by atomic mass is 10.1. The second kappa shape index (κ2) is 6.14. The van der Waals surface area contributed by atoms with Gasteiger partial charge in [0.15, 0.2) is 0 Å². The Kier molecular flexibility index (Phi) is 3.80. The predicted molar refractivity (Wildman–Crippen MR) is 95.7 cm³/mol. The summed E-state index contributed by atoms with van der Waals surface area (Å²) in [6.07, 6.45) is 0.672. The average Bonchev–Trinajstić information content (AvgIpc) is 3.26. The van der Waals surface area contributed by atoms with Crippen molar-refractivity contribution in [2.75, 3.05) is 29.4 Å². The highest BCUT2D eigenvalue weighted by Gasteiger charge is 2.28. The van der Waals surface area contributed by atoms with Crippen LogP contribution in [0.5, 0.6) is 0 Å². The molecule has 0 saturated carbocycles. The number of non-ortho nitro benzene ring substituents is 1. The van der Waals surface area contributed by atoms with E-state index in [9.17, 15) is 19.7 Å². The van der Waals surface area contributed by atoms with Crippen LogP contribution >= 0.6 is 0 Å². The van der Waals surface area contributed by atoms with Gasteiger partial charge in [0, 0.05) is 43.0 Å². The molecule has 2 aliphatic rings. The van der Waals surface area contributed by atoms with Crippen molar-refractivity contribution in [2.45, 2.75) is 6.42 Å². The topological polar surface area (TPSA) is 95.8 Å². The van der Waals surface area contributed by atoms with Gasteiger partial charge < -0.3 is 10.2 Å². The Labute approximate surface area is 149 Å². The van der Waals surface area contributed by atoms with E-state index in [0.29, 0.717) is 37.3 Å². The van der Waals surface area contributed by atoms with Crippen LogP contribution in [0, 0.1) is 10.1 Å². The molecule has 4 rings (SSSR count). The molecule has 0 aromatic heterocycles. The van der Waals surface area contributed by atoms with Crippen molar-refractivity contribution in [1.29, 1.82) is 0 Å². The largest absolute Gasteiger partial charge is 0.336 e. The highest BCUT2D eigenvalue weighted by atomic mass is 16.6. The Balaban J connectivity index is 1.59. The maximum Gasteiger partial charge on any atom is 0.321 e. The number of carbonyl (C=O) groups is 2. The smallest absolute Gasteiger partial charge is 0.321 e. The first-order valence-electron chi connectivity index (χ1n) is 8.29. The highest BCUT2D eigenvalue weighted by Crippen LogP contribution is 2.33. The van der Waals surface area contributed by atoms with Crippen LogP contribution in [0.2, 0.25) is 0 Å². The molecule has 1 saturated heterocycles. The Morgan fingerprint density at radius 2 is 1.88 bits per heavy atom. The molecule has 1 fully saturated rings. The number of rotatable bonds is 3. The van der Waals surface area contributed by atoms with Gasteiger partial charge in [0.2, 0.25) is 0 Å². The molecule has 0 bridgehead atoms. The van der Waals surface area contributed by atoms with Crippen molar-refractivity contribution in [3.8, 4) is 0 Å². The molecule has 2 aromatic rings. The molecule has 0 atom stereocenters. The molecular weight excluding hydrogens is 336 g/mol. The molecular formula is C18H16N4O4. The summed E-state index contributed by atoms with van der Waals surface area (Å²) in [5, 5.41) is 13.7. The van der Waals surface area contributed by atoms with Crippen LogP contribution in [0.4, 0.5) is 21.9 Å². The lowest BCUT2D eigenvalue weighted by Crippen LogP contribution is -2.29. The van der Waals surface area contributed by atoms with Gasteiger partial charge in [0.1, 0.15) is 0 Å². The third-order valence-corrected chi connectivity index (χ3v) is 4.70. The molecule has 8 heteroatoms. The van der Waals surface area contributed by atoms with Crippen LogP contribution in [-0.4, -0.2) is 36.5 Å². The Morgan fingerprint density at radius 1 is 1.12 bits per heavy atom. The third kappa shape index (κ3) is 2.65. The number of anilines is 2. The number of urea groups is 1. The molecule has 2 heterocycles. The minimum absolute atomic E-state index is 0.0288. The van der Waals surface area contributed by atoms with Crippen molar-refractivity contribution in [2.24, 2.45) is 0 Å². The molecule has 132 valence electrons. The number of hydrogen-bond donors (Lipinski definition) is 1. The van der Waals surface area contributed by atoms with Crippen molar-refractivity contribution in [3.05, 3.63) is 63.7 Å². The van der Waals surface area contributed by atoms with E-state index in [2.05, 4.69) is 5.32 Å². The number of carbonyl (C=O) groups excluding carboxylic acids is 2. The normalized spacial score (nSPS) is 15.8. The summed E-state index contributed by atoms with van der Waals surface area (Å²) < 4.78 is 0. The molecule has 0 radical (unpaired) electrons. The molecule has 0 aliphatic carbocycles. The molecule has 0 spiro atoms. The number of fused-ring (bicyclic) bond motifs is 1. The first-order chi connectivity index (χ1) is 12.5. The lowest BCUT2D eigenvalue weighted by Gasteiger charge is -2.18. The summed E-state index contributed by atoms with van der Waals surface area (Å²) >= 11 is 0. The Hall–Kier alpha value is -3.42. The van der Waals surface area contributed by atoms with Gasteiger partial charge in [-0.2, -0.15) is 0 Å². The van der Waals surface area contributed by atoms with E-state index in [1.165, 1.54) is 12.1 Å². The average molecular weight is 352 g/mol. The molecule has 0 unspecified atom stereocenters. The monoisotopic (exact) mass is 352 g/mol. The first kappa shape index (κ1) is 16.1. The van der Waals surface area contributed by atoms with Gasteiger partial charge in [-0.05, 0) is 36.2 Å². The second-order valence-electron chi connectivity index (χ2n) is 6.21. The van der Waals surface area contributed by atoms with Gasteiger partial charge in [-0.15, -0.1) is 0 Å². The van der Waals surface area contributed by atoms with Crippen LogP contribution in [0.3, 0.4) is 0 Å². The fraction of sp³-hybridized carbons (Fsp3) is 0.222. The molecule has 26 heavy (non-hydrogen) atoms. The van der Waals surface area contributed by atoms with Gasteiger partial charge in [-0.25, -0.2) is 4.79 Å². The number of hydrogen-bond acceptors (Lipinski definition) is 4. The minimum atomic E-state index is -0.461. The number of nitro groups is 1. The Morgan fingerprint density at radius 3 is 2.54 bits per heavy atom. The number of nitro benzene ring substituents is 1. The quantitative estimate of drug-likeness (QED) is 0.677. The van der Waals surface area contributed by atoms with E-state index in [0.717, 1.165) is 11.3 Å². The van der Waals surface area contributed by atoms with Crippen molar-refractivity contribution in [3.63, 3.8) is 0 Å². The maximum absolute atomic E-state index is 12.9. The Bertz CT molecular complexity index is 910. The van der Waals surface area contributed by atoms with E-state index < -0.39 is 4.92 Å². The number of amides is 3. The van der Waals surface area contributed by atoms with E-state index in [1.807, 2.05) is 0 Å². The summed E-state index contributed by atoms with van der Waals surface area (Å²) in [5.74, 6) is -0.207. The fourth-order valence-electron chi connectivity index (χ4n) is 3.35. The fourth-order valence-corrected chi connectivity index (χ4v) is 3.35. The number of benzene rings is 2. The summed E-state index contributed by atoms with van der Waals surface area (Å²) in [6.45, 7) is 1.68. The van der Waals surface area contributed by atoms with Crippen LogP contribution in [0.1, 0.15) is 15.9 Å². The van der Waals surface area contributed by atoms with Gasteiger partial charge in [-0.3, -0.25) is 19.8 Å². The standard InChI is InChI=1S/C18H16N4O4/c23-17(13-2-4-14(5-3-13)20-10-8-19-18(20)24)21-9-7-12-1-6-15(22(25)26)11-16(12)21/h1-6,11H,7-10H2,(H,19,24).